The summed E-state index contributed by atoms with van der Waals surface area (Å²) in [6.07, 6.45) is 5.28. The second-order valence-corrected chi connectivity index (χ2v) is 8.32. The Balaban J connectivity index is 1.72. The Hall–Kier alpha value is 0.350. The van der Waals surface area contributed by atoms with Gasteiger partial charge in [0.25, 0.3) is 0 Å². The number of nitrogens with zero attached hydrogens (tertiary/aromatic N) is 1. The Bertz CT molecular complexity index is 404. The van der Waals surface area contributed by atoms with E-state index < -0.39 is 0 Å². The third kappa shape index (κ3) is 2.69. The lowest BCUT2D eigenvalue weighted by Crippen LogP contribution is -2.35. The predicted molar refractivity (Wildman–Crippen MR) is 81.8 cm³/mol. The van der Waals surface area contributed by atoms with Crippen LogP contribution in [-0.2, 0) is 6.42 Å². The van der Waals surface area contributed by atoms with Gasteiger partial charge in [-0.15, -0.1) is 11.3 Å². The molecule has 1 aromatic heterocycles. The van der Waals surface area contributed by atoms with Gasteiger partial charge < -0.3 is 10.2 Å². The van der Waals surface area contributed by atoms with E-state index in [4.69, 9.17) is 0 Å². The summed E-state index contributed by atoms with van der Waals surface area (Å²) in [5.74, 6) is 0. The Labute approximate surface area is 121 Å². The number of hydrogen-bond acceptors (Lipinski definition) is 3. The maximum atomic E-state index is 3.88. The molecule has 0 aromatic carbocycles. The van der Waals surface area contributed by atoms with Gasteiger partial charge in [0.15, 0.2) is 0 Å². The molecule has 1 fully saturated rings. The van der Waals surface area contributed by atoms with Crippen LogP contribution in [0.4, 0.5) is 0 Å². The molecule has 0 amide bonds. The summed E-state index contributed by atoms with van der Waals surface area (Å²) < 4.78 is 1.45. The van der Waals surface area contributed by atoms with Gasteiger partial charge in [0, 0.05) is 23.5 Å². The van der Waals surface area contributed by atoms with Crippen molar-refractivity contribution >= 4 is 33.9 Å². The molecular weight excluding hydrogens is 343 g/mol. The molecule has 0 radical (unpaired) electrons. The van der Waals surface area contributed by atoms with Gasteiger partial charge in [-0.3, -0.25) is 0 Å². The standard InChI is InChI=1S/C13H19IN2S/c1-16-6-5-9(8-16)15-11-3-2-4-12-10(11)7-13(14)17-12/h7,9,11,15H,2-6,8H2,1H3. The van der Waals surface area contributed by atoms with Gasteiger partial charge in [-0.05, 0) is 73.5 Å². The molecular formula is C13H19IN2S. The first-order chi connectivity index (χ1) is 8.22. The fourth-order valence-corrected chi connectivity index (χ4v) is 5.17. The van der Waals surface area contributed by atoms with Crippen molar-refractivity contribution in [2.24, 2.45) is 0 Å². The zero-order valence-electron chi connectivity index (χ0n) is 10.2. The number of aryl methyl sites for hydroxylation is 1. The second-order valence-electron chi connectivity index (χ2n) is 5.29. The number of fused-ring (bicyclic) bond motifs is 1. The molecule has 3 rings (SSSR count). The van der Waals surface area contributed by atoms with Gasteiger partial charge in [-0.1, -0.05) is 0 Å². The van der Waals surface area contributed by atoms with E-state index in [0.717, 1.165) is 0 Å². The smallest absolute Gasteiger partial charge is 0.0659 e. The van der Waals surface area contributed by atoms with Crippen molar-refractivity contribution in [3.63, 3.8) is 0 Å². The van der Waals surface area contributed by atoms with E-state index in [1.54, 1.807) is 10.4 Å². The molecule has 94 valence electrons. The molecule has 1 N–H and O–H groups in total. The minimum atomic E-state index is 0.620. The molecule has 2 atom stereocenters. The summed E-state index contributed by atoms with van der Waals surface area (Å²) in [5.41, 5.74) is 1.60. The van der Waals surface area contributed by atoms with Crippen molar-refractivity contribution in [3.8, 4) is 0 Å². The van der Waals surface area contributed by atoms with E-state index in [2.05, 4.69) is 45.9 Å². The van der Waals surface area contributed by atoms with Crippen molar-refractivity contribution in [3.05, 3.63) is 19.4 Å². The highest BCUT2D eigenvalue weighted by molar-refractivity contribution is 14.1. The minimum absolute atomic E-state index is 0.620. The molecule has 0 saturated carbocycles. The molecule has 0 bridgehead atoms. The van der Waals surface area contributed by atoms with E-state index in [0.29, 0.717) is 12.1 Å². The van der Waals surface area contributed by atoms with Crippen molar-refractivity contribution < 1.29 is 0 Å². The number of thiophene rings is 1. The maximum Gasteiger partial charge on any atom is 0.0659 e. The van der Waals surface area contributed by atoms with Crippen LogP contribution < -0.4 is 5.32 Å². The summed E-state index contributed by atoms with van der Waals surface area (Å²) in [5, 5.41) is 3.88. The van der Waals surface area contributed by atoms with Gasteiger partial charge in [0.1, 0.15) is 0 Å². The van der Waals surface area contributed by atoms with Crippen LogP contribution in [0, 0.1) is 2.88 Å². The Morgan fingerprint density at radius 3 is 3.12 bits per heavy atom. The number of likely N-dealkylation sites (N-methyl/N-ethyl adjacent to an activating group) is 1. The molecule has 1 aliphatic carbocycles. The van der Waals surface area contributed by atoms with Gasteiger partial charge in [-0.25, -0.2) is 0 Å². The molecule has 1 saturated heterocycles. The Morgan fingerprint density at radius 2 is 2.35 bits per heavy atom. The topological polar surface area (TPSA) is 15.3 Å². The fraction of sp³-hybridized carbons (Fsp3) is 0.692. The van der Waals surface area contributed by atoms with Crippen LogP contribution in [0.1, 0.15) is 35.7 Å². The number of nitrogens with one attached hydrogen (secondary N) is 1. The Morgan fingerprint density at radius 1 is 1.47 bits per heavy atom. The SMILES string of the molecule is CN1CCC(NC2CCCc3sc(I)cc32)C1. The summed E-state index contributed by atoms with van der Waals surface area (Å²) >= 11 is 4.45. The maximum absolute atomic E-state index is 3.88. The highest BCUT2D eigenvalue weighted by Crippen LogP contribution is 2.36. The summed E-state index contributed by atoms with van der Waals surface area (Å²) in [6.45, 7) is 2.46. The summed E-state index contributed by atoms with van der Waals surface area (Å²) in [6, 6.07) is 3.72. The zero-order valence-corrected chi connectivity index (χ0v) is 13.2. The molecule has 2 nitrogen and oxygen atoms in total. The second kappa shape index (κ2) is 5.15. The average Bonchev–Trinajstić information content (AvgIpc) is 2.84. The highest BCUT2D eigenvalue weighted by Gasteiger charge is 2.27. The normalized spacial score (nSPS) is 29.5. The molecule has 2 heterocycles. The monoisotopic (exact) mass is 362 g/mol. The third-order valence-corrected chi connectivity index (χ3v) is 5.88. The molecule has 2 unspecified atom stereocenters. The number of rotatable bonds is 2. The lowest BCUT2D eigenvalue weighted by Gasteiger charge is -2.27. The molecule has 4 heteroatoms. The first-order valence-electron chi connectivity index (χ1n) is 6.45. The van der Waals surface area contributed by atoms with Gasteiger partial charge >= 0.3 is 0 Å². The predicted octanol–water partition coefficient (Wildman–Crippen LogP) is 3.02. The lowest BCUT2D eigenvalue weighted by molar-refractivity contribution is 0.367. The lowest BCUT2D eigenvalue weighted by atomic mass is 9.93. The van der Waals surface area contributed by atoms with Crippen LogP contribution in [-0.4, -0.2) is 31.1 Å². The van der Waals surface area contributed by atoms with Gasteiger partial charge in [-0.2, -0.15) is 0 Å². The molecule has 17 heavy (non-hydrogen) atoms. The van der Waals surface area contributed by atoms with Crippen LogP contribution in [0.15, 0.2) is 6.07 Å². The van der Waals surface area contributed by atoms with Crippen LogP contribution >= 0.6 is 33.9 Å². The Kier molecular flexibility index (Phi) is 3.75. The molecule has 2 aliphatic rings. The summed E-state index contributed by atoms with van der Waals surface area (Å²) in [4.78, 5) is 4.06. The van der Waals surface area contributed by atoms with Crippen molar-refractivity contribution in [2.45, 2.75) is 37.8 Å². The van der Waals surface area contributed by atoms with E-state index in [1.807, 2.05) is 11.3 Å². The fourth-order valence-electron chi connectivity index (χ4n) is 3.05. The summed E-state index contributed by atoms with van der Waals surface area (Å²) in [7, 11) is 2.22. The van der Waals surface area contributed by atoms with E-state index >= 15 is 0 Å². The number of halogens is 1. The third-order valence-electron chi connectivity index (χ3n) is 3.91. The number of hydrogen-bond donors (Lipinski definition) is 1. The van der Waals surface area contributed by atoms with Gasteiger partial charge in [0.2, 0.25) is 0 Å². The minimum Gasteiger partial charge on any atom is -0.306 e. The first-order valence-corrected chi connectivity index (χ1v) is 8.34. The van der Waals surface area contributed by atoms with Crippen LogP contribution in [0.25, 0.3) is 0 Å². The van der Waals surface area contributed by atoms with Crippen molar-refractivity contribution in [1.82, 2.24) is 10.2 Å². The van der Waals surface area contributed by atoms with Crippen LogP contribution in [0.2, 0.25) is 0 Å². The zero-order chi connectivity index (χ0) is 11.8. The van der Waals surface area contributed by atoms with Crippen LogP contribution in [0.5, 0.6) is 0 Å². The average molecular weight is 362 g/mol. The quantitative estimate of drug-likeness (QED) is 0.814. The molecule has 1 aromatic rings. The largest absolute Gasteiger partial charge is 0.306 e. The van der Waals surface area contributed by atoms with Gasteiger partial charge in [0.05, 0.1) is 2.88 Å². The first kappa shape index (κ1) is 12.4. The molecule has 1 aliphatic heterocycles. The van der Waals surface area contributed by atoms with E-state index in [1.165, 1.54) is 41.7 Å². The van der Waals surface area contributed by atoms with E-state index in [-0.39, 0.29) is 0 Å². The number of likely N-dealkylation sites (tertiary alicyclic amines) is 1. The van der Waals surface area contributed by atoms with E-state index in [9.17, 15) is 0 Å². The highest BCUT2D eigenvalue weighted by atomic mass is 127. The van der Waals surface area contributed by atoms with Crippen molar-refractivity contribution in [1.29, 1.82) is 0 Å². The van der Waals surface area contributed by atoms with Crippen molar-refractivity contribution in [2.75, 3.05) is 20.1 Å². The van der Waals surface area contributed by atoms with Crippen LogP contribution in [0.3, 0.4) is 0 Å². The molecule has 0 spiro atoms.